The van der Waals surface area contributed by atoms with Crippen molar-refractivity contribution in [2.75, 3.05) is 45.9 Å². The van der Waals surface area contributed by atoms with Crippen LogP contribution in [0.3, 0.4) is 0 Å². The first-order valence-electron chi connectivity index (χ1n) is 10.2. The Morgan fingerprint density at radius 3 is 2.63 bits per heavy atom. The maximum atomic E-state index is 10.7. The summed E-state index contributed by atoms with van der Waals surface area (Å²) in [7, 11) is 0. The third kappa shape index (κ3) is 6.73. The molecule has 0 amide bonds. The van der Waals surface area contributed by atoms with Crippen molar-refractivity contribution in [3.63, 3.8) is 0 Å². The molecule has 168 valence electrons. The lowest BCUT2D eigenvalue weighted by Gasteiger charge is -2.33. The highest BCUT2D eigenvalue weighted by Crippen LogP contribution is 2.24. The predicted octanol–water partition coefficient (Wildman–Crippen LogP) is 2.64. The van der Waals surface area contributed by atoms with Crippen LogP contribution in [0.5, 0.6) is 0 Å². The Hall–Kier alpha value is -1.56. The normalized spacial score (nSPS) is 18.3. The molecule has 0 bridgehead atoms. The van der Waals surface area contributed by atoms with Crippen LogP contribution in [0.15, 0.2) is 44.4 Å². The van der Waals surface area contributed by atoms with Crippen LogP contribution in [-0.2, 0) is 10.3 Å². The molecule has 0 aromatic carbocycles. The molecule has 3 heterocycles. The lowest BCUT2D eigenvalue weighted by molar-refractivity contribution is 0.0124. The Morgan fingerprint density at radius 2 is 2.03 bits per heavy atom. The summed E-state index contributed by atoms with van der Waals surface area (Å²) in [6.45, 7) is 10.3. The fraction of sp³-hybridized carbons (Fsp3) is 0.571. The van der Waals surface area contributed by atoms with Crippen molar-refractivity contribution in [3.8, 4) is 0 Å². The summed E-state index contributed by atoms with van der Waals surface area (Å²) < 4.78 is 16.8. The highest BCUT2D eigenvalue weighted by molar-refractivity contribution is 14.0. The van der Waals surface area contributed by atoms with Crippen LogP contribution >= 0.6 is 24.0 Å². The topological polar surface area (TPSA) is 95.4 Å². The molecule has 0 spiro atoms. The number of nitrogens with zero attached hydrogens (tertiary/aromatic N) is 2. The highest BCUT2D eigenvalue weighted by atomic mass is 127. The molecule has 30 heavy (non-hydrogen) atoms. The summed E-state index contributed by atoms with van der Waals surface area (Å²) in [6, 6.07) is 7.60. The fourth-order valence-corrected chi connectivity index (χ4v) is 3.36. The van der Waals surface area contributed by atoms with Crippen molar-refractivity contribution in [2.24, 2.45) is 4.99 Å². The Morgan fingerprint density at radius 1 is 1.27 bits per heavy atom. The average molecular weight is 532 g/mol. The lowest BCUT2D eigenvalue weighted by atomic mass is 10.0. The van der Waals surface area contributed by atoms with Crippen molar-refractivity contribution in [3.05, 3.63) is 47.8 Å². The summed E-state index contributed by atoms with van der Waals surface area (Å²) in [6.07, 6.45) is 1.55. The van der Waals surface area contributed by atoms with Crippen LogP contribution in [-0.4, -0.2) is 61.9 Å². The van der Waals surface area contributed by atoms with Gasteiger partial charge in [0.25, 0.3) is 0 Å². The summed E-state index contributed by atoms with van der Waals surface area (Å²) >= 11 is 0. The number of aliphatic imine (C=N–C) groups is 1. The molecule has 2 unspecified atom stereocenters. The van der Waals surface area contributed by atoms with E-state index in [9.17, 15) is 5.11 Å². The number of nitrogens with one attached hydrogen (secondary N) is 2. The number of rotatable bonds is 8. The number of hydrogen-bond acceptors (Lipinski definition) is 6. The third-order valence-corrected chi connectivity index (χ3v) is 4.98. The molecule has 1 fully saturated rings. The van der Waals surface area contributed by atoms with Crippen molar-refractivity contribution < 1.29 is 18.7 Å². The molecular formula is C21H33IN4O4. The van der Waals surface area contributed by atoms with Crippen LogP contribution in [0.25, 0.3) is 0 Å². The number of halogens is 1. The number of aryl methyl sites for hydroxylation is 1. The Kier molecular flexibility index (Phi) is 9.66. The minimum atomic E-state index is -1.17. The summed E-state index contributed by atoms with van der Waals surface area (Å²) in [5, 5.41) is 17.3. The molecule has 1 aliphatic rings. The molecule has 0 radical (unpaired) electrons. The van der Waals surface area contributed by atoms with Gasteiger partial charge in [-0.25, -0.2) is 4.99 Å². The van der Waals surface area contributed by atoms with Gasteiger partial charge in [-0.2, -0.15) is 0 Å². The number of morpholine rings is 1. The number of aliphatic hydroxyl groups is 1. The van der Waals surface area contributed by atoms with Gasteiger partial charge in [0.2, 0.25) is 0 Å². The first-order valence-corrected chi connectivity index (χ1v) is 10.2. The monoisotopic (exact) mass is 532 g/mol. The zero-order chi connectivity index (χ0) is 20.7. The number of ether oxygens (including phenoxy) is 1. The van der Waals surface area contributed by atoms with E-state index in [2.05, 4.69) is 20.5 Å². The van der Waals surface area contributed by atoms with E-state index >= 15 is 0 Å². The molecule has 2 atom stereocenters. The van der Waals surface area contributed by atoms with E-state index in [-0.39, 0.29) is 36.6 Å². The van der Waals surface area contributed by atoms with Gasteiger partial charge in [0.1, 0.15) is 22.9 Å². The zero-order valence-corrected chi connectivity index (χ0v) is 20.2. The molecule has 9 heteroatoms. The van der Waals surface area contributed by atoms with Gasteiger partial charge in [0.05, 0.1) is 32.1 Å². The minimum Gasteiger partial charge on any atom is -0.466 e. The Bertz CT molecular complexity index is 770. The quantitative estimate of drug-likeness (QED) is 0.274. The molecule has 1 aliphatic heterocycles. The summed E-state index contributed by atoms with van der Waals surface area (Å²) in [5.74, 6) is 2.96. The van der Waals surface area contributed by atoms with Gasteiger partial charge in [0.15, 0.2) is 5.96 Å². The van der Waals surface area contributed by atoms with Gasteiger partial charge in [-0.1, -0.05) is 0 Å². The van der Waals surface area contributed by atoms with Gasteiger partial charge in [-0.15, -0.1) is 24.0 Å². The second-order valence-electron chi connectivity index (χ2n) is 7.44. The van der Waals surface area contributed by atoms with Crippen molar-refractivity contribution in [2.45, 2.75) is 32.4 Å². The van der Waals surface area contributed by atoms with Crippen LogP contribution < -0.4 is 10.6 Å². The van der Waals surface area contributed by atoms with E-state index in [1.165, 1.54) is 0 Å². The van der Waals surface area contributed by atoms with E-state index < -0.39 is 5.60 Å². The molecule has 8 nitrogen and oxygen atoms in total. The number of hydrogen-bond donors (Lipinski definition) is 3. The van der Waals surface area contributed by atoms with Gasteiger partial charge >= 0.3 is 0 Å². The Labute approximate surface area is 195 Å². The third-order valence-electron chi connectivity index (χ3n) is 4.98. The molecule has 2 aromatic rings. The maximum absolute atomic E-state index is 10.7. The predicted molar refractivity (Wildman–Crippen MR) is 126 cm³/mol. The first-order chi connectivity index (χ1) is 14.0. The molecule has 3 rings (SSSR count). The molecule has 0 aliphatic carbocycles. The zero-order valence-electron chi connectivity index (χ0n) is 17.9. The molecule has 3 N–H and O–H groups in total. The van der Waals surface area contributed by atoms with Crippen LogP contribution in [0, 0.1) is 6.92 Å². The number of furan rings is 2. The first kappa shape index (κ1) is 24.7. The second-order valence-corrected chi connectivity index (χ2v) is 7.44. The van der Waals surface area contributed by atoms with E-state index in [4.69, 9.17) is 13.6 Å². The standard InChI is InChI=1S/C21H32N4O4.HI/c1-4-22-20(24-15-21(3,26)19-6-5-11-28-19)23-14-17(18-8-7-16(2)29-18)25-9-12-27-13-10-25;/h5-8,11,17,26H,4,9-10,12-15H2,1-3H3,(H2,22,23,24);1H. The van der Waals surface area contributed by atoms with E-state index in [1.54, 1.807) is 25.3 Å². The van der Waals surface area contributed by atoms with Crippen molar-refractivity contribution in [1.29, 1.82) is 0 Å². The maximum Gasteiger partial charge on any atom is 0.191 e. The average Bonchev–Trinajstić information content (AvgIpc) is 3.40. The van der Waals surface area contributed by atoms with Crippen LogP contribution in [0.1, 0.15) is 37.2 Å². The summed E-state index contributed by atoms with van der Waals surface area (Å²) in [5.41, 5.74) is -1.17. The number of guanidine groups is 1. The smallest absolute Gasteiger partial charge is 0.191 e. The van der Waals surface area contributed by atoms with Gasteiger partial charge in [-0.05, 0) is 45.0 Å². The van der Waals surface area contributed by atoms with Gasteiger partial charge < -0.3 is 29.3 Å². The fourth-order valence-electron chi connectivity index (χ4n) is 3.36. The SMILES string of the molecule is CCNC(=NCC(C)(O)c1ccco1)NCC(c1ccc(C)o1)N1CCOCC1.I. The van der Waals surface area contributed by atoms with Gasteiger partial charge in [0, 0.05) is 26.2 Å². The van der Waals surface area contributed by atoms with Crippen LogP contribution in [0.4, 0.5) is 0 Å². The Balaban J connectivity index is 0.00000320. The molecular weight excluding hydrogens is 499 g/mol. The van der Waals surface area contributed by atoms with Gasteiger partial charge in [-0.3, -0.25) is 4.90 Å². The lowest BCUT2D eigenvalue weighted by Crippen LogP contribution is -2.46. The highest BCUT2D eigenvalue weighted by Gasteiger charge is 2.27. The van der Waals surface area contributed by atoms with Crippen LogP contribution in [0.2, 0.25) is 0 Å². The molecule has 2 aromatic heterocycles. The molecule has 1 saturated heterocycles. The van der Waals surface area contributed by atoms with Crippen molar-refractivity contribution in [1.82, 2.24) is 15.5 Å². The van der Waals surface area contributed by atoms with Crippen molar-refractivity contribution >= 4 is 29.9 Å². The minimum absolute atomic E-state index is 0. The second kappa shape index (κ2) is 11.7. The van der Waals surface area contributed by atoms with E-state index in [0.717, 1.165) is 44.4 Å². The summed E-state index contributed by atoms with van der Waals surface area (Å²) in [4.78, 5) is 6.93. The molecule has 0 saturated carbocycles. The van der Waals surface area contributed by atoms with E-state index in [1.807, 2.05) is 26.0 Å². The largest absolute Gasteiger partial charge is 0.466 e. The van der Waals surface area contributed by atoms with E-state index in [0.29, 0.717) is 18.3 Å².